The lowest BCUT2D eigenvalue weighted by Crippen LogP contribution is -2.59. The van der Waals surface area contributed by atoms with E-state index >= 15 is 0 Å². The van der Waals surface area contributed by atoms with Crippen molar-refractivity contribution in [3.63, 3.8) is 0 Å². The van der Waals surface area contributed by atoms with Crippen molar-refractivity contribution in [1.29, 1.82) is 0 Å². The molecule has 1 aliphatic carbocycles. The number of piperazine rings is 1. The summed E-state index contributed by atoms with van der Waals surface area (Å²) in [5.41, 5.74) is 2.05. The van der Waals surface area contributed by atoms with Crippen molar-refractivity contribution < 1.29 is 4.79 Å². The molecule has 1 amide bonds. The highest BCUT2D eigenvalue weighted by Crippen LogP contribution is 2.35. The lowest BCUT2D eigenvalue weighted by atomic mass is 9.93. The van der Waals surface area contributed by atoms with Gasteiger partial charge in [-0.15, -0.1) is 0 Å². The van der Waals surface area contributed by atoms with Crippen molar-refractivity contribution >= 4 is 5.91 Å². The average molecular weight is 318 g/mol. The van der Waals surface area contributed by atoms with Gasteiger partial charge in [-0.1, -0.05) is 12.8 Å². The van der Waals surface area contributed by atoms with Crippen LogP contribution in [-0.4, -0.2) is 65.6 Å². The molecule has 2 aliphatic rings. The fourth-order valence-corrected chi connectivity index (χ4v) is 4.10. The van der Waals surface area contributed by atoms with Gasteiger partial charge in [-0.05, 0) is 38.9 Å². The number of likely N-dealkylation sites (N-methyl/N-ethyl adjacent to an activating group) is 1. The smallest absolute Gasteiger partial charge is 0.267 e. The highest BCUT2D eigenvalue weighted by atomic mass is 16.1. The van der Waals surface area contributed by atoms with Crippen molar-refractivity contribution in [2.75, 3.05) is 39.8 Å². The van der Waals surface area contributed by atoms with E-state index in [2.05, 4.69) is 22.2 Å². The fraction of sp³-hybridized carbons (Fsp3) is 0.722. The first-order chi connectivity index (χ1) is 11.0. The van der Waals surface area contributed by atoms with Crippen LogP contribution in [0.5, 0.6) is 0 Å². The van der Waals surface area contributed by atoms with Crippen LogP contribution in [0.25, 0.3) is 0 Å². The summed E-state index contributed by atoms with van der Waals surface area (Å²) in [5.74, 6) is 0.0565. The van der Waals surface area contributed by atoms with Gasteiger partial charge in [0.15, 0.2) is 0 Å². The van der Waals surface area contributed by atoms with Crippen LogP contribution in [0, 0.1) is 6.92 Å². The van der Waals surface area contributed by atoms with E-state index in [1.807, 2.05) is 30.7 Å². The molecule has 0 bridgehead atoms. The number of rotatable bonds is 4. The quantitative estimate of drug-likeness (QED) is 0.917. The Morgan fingerprint density at radius 2 is 1.78 bits per heavy atom. The predicted molar refractivity (Wildman–Crippen MR) is 92.8 cm³/mol. The van der Waals surface area contributed by atoms with Gasteiger partial charge in [0, 0.05) is 51.0 Å². The number of carbonyl (C=O) groups excluding carboxylic acids is 1. The second kappa shape index (κ2) is 6.65. The topological polar surface area (TPSA) is 40.5 Å². The van der Waals surface area contributed by atoms with Crippen molar-refractivity contribution in [3.05, 3.63) is 23.5 Å². The Balaban J connectivity index is 1.66. The van der Waals surface area contributed by atoms with Gasteiger partial charge in [0.25, 0.3) is 5.91 Å². The van der Waals surface area contributed by atoms with Crippen LogP contribution in [0.15, 0.2) is 12.1 Å². The third kappa shape index (κ3) is 3.31. The van der Waals surface area contributed by atoms with E-state index in [1.54, 1.807) is 0 Å². The van der Waals surface area contributed by atoms with Crippen LogP contribution in [0.2, 0.25) is 0 Å². The largest absolute Gasteiger partial charge is 0.349 e. The zero-order valence-electron chi connectivity index (χ0n) is 14.8. The first-order valence-electron chi connectivity index (χ1n) is 8.86. The molecule has 1 aromatic heterocycles. The molecule has 2 fully saturated rings. The van der Waals surface area contributed by atoms with Crippen molar-refractivity contribution in [2.45, 2.75) is 38.1 Å². The molecule has 1 aromatic rings. The molecule has 128 valence electrons. The Morgan fingerprint density at radius 1 is 1.13 bits per heavy atom. The van der Waals surface area contributed by atoms with E-state index in [9.17, 15) is 4.79 Å². The number of aryl methyl sites for hydroxylation is 1. The molecule has 0 aromatic carbocycles. The van der Waals surface area contributed by atoms with Crippen molar-refractivity contribution in [1.82, 2.24) is 19.7 Å². The van der Waals surface area contributed by atoms with Gasteiger partial charge in [0.05, 0.1) is 0 Å². The molecule has 0 unspecified atom stereocenters. The minimum atomic E-state index is 0.0565. The third-order valence-electron chi connectivity index (χ3n) is 5.89. The molecule has 1 saturated heterocycles. The molecule has 23 heavy (non-hydrogen) atoms. The number of hydrogen-bond donors (Lipinski definition) is 1. The van der Waals surface area contributed by atoms with Crippen molar-refractivity contribution in [3.8, 4) is 0 Å². The lowest BCUT2D eigenvalue weighted by Gasteiger charge is -2.45. The van der Waals surface area contributed by atoms with Gasteiger partial charge < -0.3 is 14.8 Å². The van der Waals surface area contributed by atoms with E-state index in [1.165, 1.54) is 25.7 Å². The molecule has 0 atom stereocenters. The standard InChI is InChI=1S/C18H30N4O/c1-15-6-7-16(21(15)3)17(23)19-14-18(8-4-5-9-18)22-12-10-20(2)11-13-22/h6-7H,4-5,8-14H2,1-3H3,(H,19,23). The van der Waals surface area contributed by atoms with Gasteiger partial charge in [-0.3, -0.25) is 9.69 Å². The second-order valence-electron chi connectivity index (χ2n) is 7.32. The third-order valence-corrected chi connectivity index (χ3v) is 5.89. The summed E-state index contributed by atoms with van der Waals surface area (Å²) in [6.07, 6.45) is 4.99. The Hall–Kier alpha value is -1.33. The van der Waals surface area contributed by atoms with Gasteiger partial charge in [0.2, 0.25) is 0 Å². The number of nitrogens with one attached hydrogen (secondary N) is 1. The number of aromatic nitrogens is 1. The van der Waals surface area contributed by atoms with Gasteiger partial charge >= 0.3 is 0 Å². The zero-order chi connectivity index (χ0) is 16.4. The Bertz CT molecular complexity index is 551. The molecule has 1 N–H and O–H groups in total. The maximum Gasteiger partial charge on any atom is 0.267 e. The molecule has 1 aliphatic heterocycles. The molecule has 3 rings (SSSR count). The zero-order valence-corrected chi connectivity index (χ0v) is 14.8. The molecular weight excluding hydrogens is 288 g/mol. The summed E-state index contributed by atoms with van der Waals surface area (Å²) < 4.78 is 1.96. The van der Waals surface area contributed by atoms with Crippen LogP contribution in [-0.2, 0) is 7.05 Å². The Morgan fingerprint density at radius 3 is 2.35 bits per heavy atom. The molecule has 5 nitrogen and oxygen atoms in total. The highest BCUT2D eigenvalue weighted by Gasteiger charge is 2.40. The van der Waals surface area contributed by atoms with Crippen LogP contribution in [0.4, 0.5) is 0 Å². The van der Waals surface area contributed by atoms with Crippen molar-refractivity contribution in [2.24, 2.45) is 7.05 Å². The first-order valence-corrected chi connectivity index (χ1v) is 8.86. The molecule has 1 saturated carbocycles. The first kappa shape index (κ1) is 16.5. The Kier molecular flexibility index (Phi) is 4.78. The number of nitrogens with zero attached hydrogens (tertiary/aromatic N) is 3. The molecule has 2 heterocycles. The fourth-order valence-electron chi connectivity index (χ4n) is 4.10. The SMILES string of the molecule is Cc1ccc(C(=O)NCC2(N3CCN(C)CC3)CCCC2)n1C. The van der Waals surface area contributed by atoms with Crippen LogP contribution >= 0.6 is 0 Å². The molecule has 5 heteroatoms. The molecular formula is C18H30N4O. The van der Waals surface area contributed by atoms with Gasteiger partial charge in [-0.2, -0.15) is 0 Å². The van der Waals surface area contributed by atoms with E-state index in [0.29, 0.717) is 0 Å². The van der Waals surface area contributed by atoms with Crippen LogP contribution in [0.1, 0.15) is 41.9 Å². The minimum absolute atomic E-state index is 0.0565. The highest BCUT2D eigenvalue weighted by molar-refractivity contribution is 5.92. The summed E-state index contributed by atoms with van der Waals surface area (Å²) in [6.45, 7) is 7.31. The number of hydrogen-bond acceptors (Lipinski definition) is 3. The Labute approximate surface area is 139 Å². The number of amides is 1. The van der Waals surface area contributed by atoms with E-state index in [4.69, 9.17) is 0 Å². The maximum absolute atomic E-state index is 12.6. The minimum Gasteiger partial charge on any atom is -0.349 e. The monoisotopic (exact) mass is 318 g/mol. The summed E-state index contributed by atoms with van der Waals surface area (Å²) in [6, 6.07) is 3.92. The summed E-state index contributed by atoms with van der Waals surface area (Å²) in [5, 5.41) is 3.23. The lowest BCUT2D eigenvalue weighted by molar-refractivity contribution is 0.0413. The molecule has 0 radical (unpaired) electrons. The van der Waals surface area contributed by atoms with E-state index < -0.39 is 0 Å². The van der Waals surface area contributed by atoms with Gasteiger partial charge in [-0.25, -0.2) is 0 Å². The van der Waals surface area contributed by atoms with Crippen LogP contribution < -0.4 is 5.32 Å². The normalized spacial score (nSPS) is 22.4. The summed E-state index contributed by atoms with van der Waals surface area (Å²) in [4.78, 5) is 17.6. The van der Waals surface area contributed by atoms with E-state index in [0.717, 1.165) is 44.1 Å². The maximum atomic E-state index is 12.6. The average Bonchev–Trinajstić information content (AvgIpc) is 3.15. The van der Waals surface area contributed by atoms with Gasteiger partial charge in [0.1, 0.15) is 5.69 Å². The van der Waals surface area contributed by atoms with Crippen LogP contribution in [0.3, 0.4) is 0 Å². The molecule has 0 spiro atoms. The predicted octanol–water partition coefficient (Wildman–Crippen LogP) is 1.62. The number of carbonyl (C=O) groups is 1. The van der Waals surface area contributed by atoms with E-state index in [-0.39, 0.29) is 11.4 Å². The summed E-state index contributed by atoms with van der Waals surface area (Å²) in [7, 11) is 4.15. The second-order valence-corrected chi connectivity index (χ2v) is 7.32. The summed E-state index contributed by atoms with van der Waals surface area (Å²) >= 11 is 0.